The first-order valence-electron chi connectivity index (χ1n) is 10.4. The van der Waals surface area contributed by atoms with Crippen molar-refractivity contribution in [3.63, 3.8) is 0 Å². The number of carbonyl (C=O) groups is 1. The Kier molecular flexibility index (Phi) is 5.82. The molecule has 0 aromatic carbocycles. The van der Waals surface area contributed by atoms with Gasteiger partial charge < -0.3 is 4.90 Å². The van der Waals surface area contributed by atoms with E-state index in [0.717, 1.165) is 18.9 Å². The minimum atomic E-state index is -4.52. The molecule has 0 N–H and O–H groups in total. The number of amides is 1. The van der Waals surface area contributed by atoms with Crippen LogP contribution < -0.4 is 0 Å². The molecule has 1 saturated heterocycles. The zero-order valence-corrected chi connectivity index (χ0v) is 18.7. The number of hydrogen-bond acceptors (Lipinski definition) is 5. The van der Waals surface area contributed by atoms with Crippen molar-refractivity contribution in [1.29, 1.82) is 0 Å². The van der Waals surface area contributed by atoms with Gasteiger partial charge in [0.05, 0.1) is 11.9 Å². The lowest BCUT2D eigenvalue weighted by atomic mass is 10.2. The molecule has 1 aliphatic carbocycles. The van der Waals surface area contributed by atoms with Gasteiger partial charge in [-0.25, -0.2) is 8.42 Å². The Morgan fingerprint density at radius 1 is 1.19 bits per heavy atom. The quantitative estimate of drug-likeness (QED) is 0.636. The summed E-state index contributed by atoms with van der Waals surface area (Å²) in [5, 5.41) is 7.66. The van der Waals surface area contributed by atoms with Gasteiger partial charge in [0.25, 0.3) is 0 Å². The van der Waals surface area contributed by atoms with E-state index in [4.69, 9.17) is 0 Å². The van der Waals surface area contributed by atoms with Crippen LogP contribution in [0.25, 0.3) is 0 Å². The monoisotopic (exact) mass is 474 g/mol. The summed E-state index contributed by atoms with van der Waals surface area (Å²) in [5.74, 6) is -0.163. The Labute approximate surface area is 183 Å². The lowest BCUT2D eigenvalue weighted by Gasteiger charge is -2.34. The van der Waals surface area contributed by atoms with Gasteiger partial charge in [-0.1, -0.05) is 0 Å². The summed E-state index contributed by atoms with van der Waals surface area (Å²) in [7, 11) is -2.04. The van der Waals surface area contributed by atoms with Crippen molar-refractivity contribution in [3.05, 3.63) is 29.3 Å². The van der Waals surface area contributed by atoms with Gasteiger partial charge in [0.15, 0.2) is 5.69 Å². The zero-order chi connectivity index (χ0) is 23.3. The molecule has 2 aliphatic rings. The second kappa shape index (κ2) is 8.18. The fourth-order valence-electron chi connectivity index (χ4n) is 3.86. The van der Waals surface area contributed by atoms with E-state index in [1.807, 2.05) is 0 Å². The molecule has 32 heavy (non-hydrogen) atoms. The van der Waals surface area contributed by atoms with E-state index in [1.54, 1.807) is 18.9 Å². The lowest BCUT2D eigenvalue weighted by Crippen LogP contribution is -2.50. The van der Waals surface area contributed by atoms with Crippen LogP contribution in [0.4, 0.5) is 13.2 Å². The highest BCUT2D eigenvalue weighted by molar-refractivity contribution is 7.89. The molecule has 1 amide bonds. The standard InChI is InChI=1S/C19H25F3N6O3S/c1-13-16(12-23-25(13)2)32(30,31)27-9-7-26(8-10-27)18(29)5-6-28-15(14-3-4-14)11-17(24-28)19(20,21)22/h11-12,14H,3-10H2,1-2H3. The van der Waals surface area contributed by atoms with E-state index < -0.39 is 21.9 Å². The first-order valence-corrected chi connectivity index (χ1v) is 11.8. The highest BCUT2D eigenvalue weighted by atomic mass is 32.2. The molecular formula is C19H25F3N6O3S. The number of aryl methyl sites for hydroxylation is 2. The third-order valence-electron chi connectivity index (χ3n) is 6.03. The molecule has 0 atom stereocenters. The van der Waals surface area contributed by atoms with Crippen molar-refractivity contribution >= 4 is 15.9 Å². The fraction of sp³-hybridized carbons (Fsp3) is 0.632. The summed E-state index contributed by atoms with van der Waals surface area (Å²) in [6, 6.07) is 1.08. The summed E-state index contributed by atoms with van der Waals surface area (Å²) in [6.07, 6.45) is -1.55. The Bertz CT molecular complexity index is 1110. The number of carbonyl (C=O) groups excluding carboxylic acids is 1. The van der Waals surface area contributed by atoms with Gasteiger partial charge >= 0.3 is 6.18 Å². The lowest BCUT2D eigenvalue weighted by molar-refractivity contribution is -0.141. The minimum absolute atomic E-state index is 0.00710. The molecule has 2 aromatic heterocycles. The van der Waals surface area contributed by atoms with Gasteiger partial charge in [0.1, 0.15) is 4.90 Å². The average molecular weight is 475 g/mol. The number of piperazine rings is 1. The summed E-state index contributed by atoms with van der Waals surface area (Å²) < 4.78 is 68.9. The van der Waals surface area contributed by atoms with Crippen molar-refractivity contribution in [1.82, 2.24) is 28.8 Å². The fourth-order valence-corrected chi connectivity index (χ4v) is 5.47. The Hall–Kier alpha value is -2.41. The van der Waals surface area contributed by atoms with E-state index in [-0.39, 0.29) is 55.9 Å². The number of halogens is 3. The van der Waals surface area contributed by atoms with Crippen LogP contribution in [0.2, 0.25) is 0 Å². The molecule has 2 fully saturated rings. The molecule has 0 spiro atoms. The number of rotatable bonds is 6. The topological polar surface area (TPSA) is 93.3 Å². The van der Waals surface area contributed by atoms with Crippen LogP contribution in [0.5, 0.6) is 0 Å². The Morgan fingerprint density at radius 2 is 1.84 bits per heavy atom. The van der Waals surface area contributed by atoms with Crippen molar-refractivity contribution in [2.75, 3.05) is 26.2 Å². The van der Waals surface area contributed by atoms with E-state index in [2.05, 4.69) is 10.2 Å². The molecule has 1 aliphatic heterocycles. The molecule has 0 bridgehead atoms. The van der Waals surface area contributed by atoms with E-state index in [0.29, 0.717) is 11.4 Å². The molecule has 0 radical (unpaired) electrons. The first-order chi connectivity index (χ1) is 15.0. The third kappa shape index (κ3) is 4.40. The van der Waals surface area contributed by atoms with Crippen LogP contribution in [-0.4, -0.2) is 69.3 Å². The predicted molar refractivity (Wildman–Crippen MR) is 107 cm³/mol. The largest absolute Gasteiger partial charge is 0.435 e. The van der Waals surface area contributed by atoms with Crippen molar-refractivity contribution < 1.29 is 26.4 Å². The van der Waals surface area contributed by atoms with Crippen LogP contribution in [-0.2, 0) is 34.6 Å². The van der Waals surface area contributed by atoms with E-state index in [9.17, 15) is 26.4 Å². The van der Waals surface area contributed by atoms with Gasteiger partial charge in [-0.2, -0.15) is 27.7 Å². The Morgan fingerprint density at radius 3 is 2.38 bits per heavy atom. The van der Waals surface area contributed by atoms with Crippen LogP contribution in [0, 0.1) is 6.92 Å². The molecule has 9 nitrogen and oxygen atoms in total. The van der Waals surface area contributed by atoms with Gasteiger partial charge in [-0.05, 0) is 25.8 Å². The van der Waals surface area contributed by atoms with Crippen molar-refractivity contribution in [3.8, 4) is 0 Å². The summed E-state index contributed by atoms with van der Waals surface area (Å²) in [6.45, 7) is 2.48. The summed E-state index contributed by atoms with van der Waals surface area (Å²) in [4.78, 5) is 14.3. The molecule has 13 heteroatoms. The second-order valence-corrected chi connectivity index (χ2v) is 10.1. The van der Waals surface area contributed by atoms with Gasteiger partial charge in [-0.15, -0.1) is 0 Å². The summed E-state index contributed by atoms with van der Waals surface area (Å²) >= 11 is 0. The van der Waals surface area contributed by atoms with E-state index in [1.165, 1.54) is 19.9 Å². The van der Waals surface area contributed by atoms with Crippen LogP contribution in [0.3, 0.4) is 0 Å². The van der Waals surface area contributed by atoms with Crippen molar-refractivity contribution in [2.24, 2.45) is 7.05 Å². The molecular weight excluding hydrogens is 449 g/mol. The number of sulfonamides is 1. The van der Waals surface area contributed by atoms with Gasteiger partial charge in [0, 0.05) is 57.8 Å². The highest BCUT2D eigenvalue weighted by Crippen LogP contribution is 2.42. The molecule has 4 rings (SSSR count). The number of aromatic nitrogens is 4. The summed E-state index contributed by atoms with van der Waals surface area (Å²) in [5.41, 5.74) is 0.122. The maximum Gasteiger partial charge on any atom is 0.435 e. The highest BCUT2D eigenvalue weighted by Gasteiger charge is 2.38. The minimum Gasteiger partial charge on any atom is -0.340 e. The van der Waals surface area contributed by atoms with Crippen molar-refractivity contribution in [2.45, 2.75) is 49.7 Å². The predicted octanol–water partition coefficient (Wildman–Crippen LogP) is 1.74. The first kappa shape index (κ1) is 22.8. The zero-order valence-electron chi connectivity index (χ0n) is 17.8. The smallest absolute Gasteiger partial charge is 0.340 e. The number of alkyl halides is 3. The maximum atomic E-state index is 13.0. The van der Waals surface area contributed by atoms with Gasteiger partial charge in [-0.3, -0.25) is 14.2 Å². The normalized spacial score (nSPS) is 18.3. The van der Waals surface area contributed by atoms with E-state index >= 15 is 0 Å². The van der Waals surface area contributed by atoms with Crippen LogP contribution in [0.15, 0.2) is 17.2 Å². The molecule has 3 heterocycles. The average Bonchev–Trinajstić information content (AvgIpc) is 3.39. The SMILES string of the molecule is Cc1c(S(=O)(=O)N2CCN(C(=O)CCn3nc(C(F)(F)F)cc3C3CC3)CC2)cnn1C. The molecule has 2 aromatic rings. The molecule has 176 valence electrons. The molecule has 0 unspecified atom stereocenters. The maximum absolute atomic E-state index is 13.0. The Balaban J connectivity index is 1.36. The van der Waals surface area contributed by atoms with Gasteiger partial charge in [0.2, 0.25) is 15.9 Å². The number of hydrogen-bond donors (Lipinski definition) is 0. The van der Waals surface area contributed by atoms with Crippen LogP contribution >= 0.6 is 0 Å². The molecule has 1 saturated carbocycles. The van der Waals surface area contributed by atoms with Crippen LogP contribution in [0.1, 0.15) is 42.3 Å². The second-order valence-electron chi connectivity index (χ2n) is 8.20. The third-order valence-corrected chi connectivity index (χ3v) is 8.04. The number of nitrogens with zero attached hydrogens (tertiary/aromatic N) is 6.